The molecule has 1 atom stereocenters. The SMILES string of the molecule is CCCc1cccc(Cl)c1CS(=O)[O-]. The van der Waals surface area contributed by atoms with Crippen molar-refractivity contribution in [3.05, 3.63) is 34.3 Å². The van der Waals surface area contributed by atoms with Crippen LogP contribution in [0.4, 0.5) is 0 Å². The molecule has 0 fully saturated rings. The van der Waals surface area contributed by atoms with Gasteiger partial charge in [0.2, 0.25) is 0 Å². The van der Waals surface area contributed by atoms with E-state index in [1.165, 1.54) is 0 Å². The first-order chi connectivity index (χ1) is 6.65. The van der Waals surface area contributed by atoms with Crippen molar-refractivity contribution in [1.29, 1.82) is 0 Å². The molecular weight excluding hydrogens is 220 g/mol. The average Bonchev–Trinajstić information content (AvgIpc) is 2.11. The number of halogens is 1. The van der Waals surface area contributed by atoms with Crippen LogP contribution in [-0.2, 0) is 23.3 Å². The Kier molecular flexibility index (Phi) is 4.58. The summed E-state index contributed by atoms with van der Waals surface area (Å²) in [4.78, 5) is 0. The molecule has 0 N–H and O–H groups in total. The Labute approximate surface area is 91.6 Å². The summed E-state index contributed by atoms with van der Waals surface area (Å²) in [5.74, 6) is 0.00894. The quantitative estimate of drug-likeness (QED) is 0.748. The van der Waals surface area contributed by atoms with Gasteiger partial charge in [-0.05, 0) is 23.6 Å². The first kappa shape index (κ1) is 11.7. The zero-order valence-corrected chi connectivity index (χ0v) is 9.53. The fourth-order valence-corrected chi connectivity index (χ4v) is 2.30. The highest BCUT2D eigenvalue weighted by atomic mass is 35.5. The van der Waals surface area contributed by atoms with Gasteiger partial charge >= 0.3 is 0 Å². The van der Waals surface area contributed by atoms with Gasteiger partial charge in [0.25, 0.3) is 0 Å². The van der Waals surface area contributed by atoms with Gasteiger partial charge in [-0.15, -0.1) is 0 Å². The summed E-state index contributed by atoms with van der Waals surface area (Å²) in [7, 11) is 0. The van der Waals surface area contributed by atoms with Gasteiger partial charge in [0, 0.05) is 10.8 Å². The molecule has 0 amide bonds. The van der Waals surface area contributed by atoms with Crippen molar-refractivity contribution in [2.45, 2.75) is 25.5 Å². The van der Waals surface area contributed by atoms with Crippen LogP contribution in [-0.4, -0.2) is 8.76 Å². The predicted molar refractivity (Wildman–Crippen MR) is 58.1 cm³/mol. The van der Waals surface area contributed by atoms with Crippen LogP contribution in [0.1, 0.15) is 24.5 Å². The highest BCUT2D eigenvalue weighted by Crippen LogP contribution is 2.22. The fraction of sp³-hybridized carbons (Fsp3) is 0.400. The highest BCUT2D eigenvalue weighted by Gasteiger charge is 2.05. The molecule has 0 spiro atoms. The molecular formula is C10H12ClO2S-. The minimum absolute atomic E-state index is 0.00894. The molecule has 1 aromatic rings. The summed E-state index contributed by atoms with van der Waals surface area (Å²) in [6, 6.07) is 5.50. The van der Waals surface area contributed by atoms with Crippen LogP contribution >= 0.6 is 11.6 Å². The van der Waals surface area contributed by atoms with Crippen molar-refractivity contribution in [1.82, 2.24) is 0 Å². The van der Waals surface area contributed by atoms with Gasteiger partial charge in [-0.25, -0.2) is 0 Å². The van der Waals surface area contributed by atoms with Crippen LogP contribution in [0.5, 0.6) is 0 Å². The van der Waals surface area contributed by atoms with Gasteiger partial charge in [0.15, 0.2) is 0 Å². The molecule has 2 nitrogen and oxygen atoms in total. The van der Waals surface area contributed by atoms with E-state index >= 15 is 0 Å². The molecule has 0 aliphatic heterocycles. The molecule has 0 radical (unpaired) electrons. The van der Waals surface area contributed by atoms with Crippen molar-refractivity contribution < 1.29 is 8.76 Å². The summed E-state index contributed by atoms with van der Waals surface area (Å²) in [5.41, 5.74) is 1.77. The average molecular weight is 232 g/mol. The third kappa shape index (κ3) is 3.08. The zero-order valence-electron chi connectivity index (χ0n) is 7.96. The molecule has 4 heteroatoms. The lowest BCUT2D eigenvalue weighted by molar-refractivity contribution is 0.536. The standard InChI is InChI=1S/C10H13ClO2S/c1-2-4-8-5-3-6-10(11)9(8)7-14(12)13/h3,5-6H,2,4,7H2,1H3,(H,12,13)/p-1. The van der Waals surface area contributed by atoms with E-state index in [4.69, 9.17) is 11.6 Å². The lowest BCUT2D eigenvalue weighted by Gasteiger charge is -2.12. The predicted octanol–water partition coefficient (Wildman–Crippen LogP) is 2.67. The van der Waals surface area contributed by atoms with Crippen LogP contribution < -0.4 is 0 Å². The first-order valence-corrected chi connectivity index (χ1v) is 6.09. The summed E-state index contributed by atoms with van der Waals surface area (Å²) in [6.45, 7) is 2.05. The largest absolute Gasteiger partial charge is 0.772 e. The Balaban J connectivity index is 3.02. The van der Waals surface area contributed by atoms with E-state index in [-0.39, 0.29) is 5.75 Å². The zero-order chi connectivity index (χ0) is 10.6. The second kappa shape index (κ2) is 5.49. The molecule has 14 heavy (non-hydrogen) atoms. The van der Waals surface area contributed by atoms with Gasteiger partial charge in [-0.3, -0.25) is 4.21 Å². The van der Waals surface area contributed by atoms with Crippen LogP contribution in [0.3, 0.4) is 0 Å². The number of rotatable bonds is 4. The van der Waals surface area contributed by atoms with E-state index in [9.17, 15) is 8.76 Å². The number of aryl methyl sites for hydroxylation is 1. The van der Waals surface area contributed by atoms with Gasteiger partial charge in [0.05, 0.1) is 0 Å². The maximum absolute atomic E-state index is 10.6. The van der Waals surface area contributed by atoms with Crippen LogP contribution in [0.15, 0.2) is 18.2 Å². The van der Waals surface area contributed by atoms with Crippen molar-refractivity contribution in [3.8, 4) is 0 Å². The summed E-state index contributed by atoms with van der Waals surface area (Å²) >= 11 is 3.86. The number of hydrogen-bond donors (Lipinski definition) is 0. The molecule has 1 rings (SSSR count). The Bertz CT molecular complexity index is 339. The van der Waals surface area contributed by atoms with Gasteiger partial charge < -0.3 is 4.55 Å². The molecule has 0 saturated carbocycles. The molecule has 0 saturated heterocycles. The summed E-state index contributed by atoms with van der Waals surface area (Å²) in [6.07, 6.45) is 1.85. The third-order valence-electron chi connectivity index (χ3n) is 2.00. The van der Waals surface area contributed by atoms with Crippen LogP contribution in [0.25, 0.3) is 0 Å². The van der Waals surface area contributed by atoms with Gasteiger partial charge in [0.1, 0.15) is 0 Å². The van der Waals surface area contributed by atoms with E-state index in [2.05, 4.69) is 6.92 Å². The second-order valence-corrected chi connectivity index (χ2v) is 4.38. The Morgan fingerprint density at radius 2 is 2.21 bits per heavy atom. The maximum Gasteiger partial charge on any atom is 0.0449 e. The molecule has 0 aliphatic rings. The van der Waals surface area contributed by atoms with Crippen molar-refractivity contribution in [2.75, 3.05) is 0 Å². The Morgan fingerprint density at radius 1 is 1.50 bits per heavy atom. The lowest BCUT2D eigenvalue weighted by Crippen LogP contribution is -1.99. The molecule has 0 bridgehead atoms. The van der Waals surface area contributed by atoms with E-state index in [1.807, 2.05) is 12.1 Å². The van der Waals surface area contributed by atoms with E-state index in [0.717, 1.165) is 24.0 Å². The van der Waals surface area contributed by atoms with Gasteiger partial charge in [-0.2, -0.15) is 0 Å². The minimum atomic E-state index is -2.08. The normalized spacial score (nSPS) is 12.8. The lowest BCUT2D eigenvalue weighted by atomic mass is 10.0. The molecule has 0 aliphatic carbocycles. The fourth-order valence-electron chi connectivity index (χ4n) is 1.39. The molecule has 1 aromatic carbocycles. The maximum atomic E-state index is 10.6. The monoisotopic (exact) mass is 231 g/mol. The first-order valence-electron chi connectivity index (χ1n) is 4.47. The van der Waals surface area contributed by atoms with E-state index in [1.54, 1.807) is 6.07 Å². The van der Waals surface area contributed by atoms with Crippen molar-refractivity contribution in [2.24, 2.45) is 0 Å². The van der Waals surface area contributed by atoms with Crippen LogP contribution in [0, 0.1) is 0 Å². The van der Waals surface area contributed by atoms with Crippen LogP contribution in [0.2, 0.25) is 5.02 Å². The van der Waals surface area contributed by atoms with Crippen molar-refractivity contribution in [3.63, 3.8) is 0 Å². The summed E-state index contributed by atoms with van der Waals surface area (Å²) < 4.78 is 21.2. The molecule has 0 heterocycles. The minimum Gasteiger partial charge on any atom is -0.772 e. The molecule has 78 valence electrons. The van der Waals surface area contributed by atoms with Gasteiger partial charge in [-0.1, -0.05) is 48.2 Å². The number of hydrogen-bond acceptors (Lipinski definition) is 2. The topological polar surface area (TPSA) is 40.1 Å². The van der Waals surface area contributed by atoms with E-state index < -0.39 is 11.1 Å². The smallest absolute Gasteiger partial charge is 0.0449 e. The Hall–Kier alpha value is -0.380. The second-order valence-electron chi connectivity index (χ2n) is 3.08. The van der Waals surface area contributed by atoms with E-state index in [0.29, 0.717) is 5.02 Å². The molecule has 1 unspecified atom stereocenters. The third-order valence-corrected chi connectivity index (χ3v) is 2.88. The number of benzene rings is 1. The van der Waals surface area contributed by atoms with Crippen molar-refractivity contribution >= 4 is 22.7 Å². The summed E-state index contributed by atoms with van der Waals surface area (Å²) in [5, 5.41) is 0.542. The molecule has 0 aromatic heterocycles. The Morgan fingerprint density at radius 3 is 2.79 bits per heavy atom. The highest BCUT2D eigenvalue weighted by molar-refractivity contribution is 7.78.